The molecular weight excluding hydrogens is 401 g/mol. The second-order valence-corrected chi connectivity index (χ2v) is 6.45. The van der Waals surface area contributed by atoms with Gasteiger partial charge >= 0.3 is 0 Å². The third-order valence-electron chi connectivity index (χ3n) is 4.51. The summed E-state index contributed by atoms with van der Waals surface area (Å²) in [6.07, 6.45) is 4.38. The molecule has 1 unspecified atom stereocenters. The van der Waals surface area contributed by atoms with Crippen LogP contribution in [0.3, 0.4) is 0 Å². The van der Waals surface area contributed by atoms with E-state index in [1.54, 1.807) is 13.3 Å². The van der Waals surface area contributed by atoms with E-state index in [4.69, 9.17) is 9.47 Å². The van der Waals surface area contributed by atoms with Crippen LogP contribution in [0.15, 0.2) is 42.6 Å². The number of benzene rings is 1. The van der Waals surface area contributed by atoms with Crippen molar-refractivity contribution in [1.82, 2.24) is 15.6 Å². The third kappa shape index (κ3) is 7.54. The number of halogens is 2. The zero-order valence-corrected chi connectivity index (χ0v) is 17.5. The highest BCUT2D eigenvalue weighted by Crippen LogP contribution is 2.22. The topological polar surface area (TPSA) is 72.5 Å². The lowest BCUT2D eigenvalue weighted by atomic mass is 10.0. The zero-order chi connectivity index (χ0) is 18.2. The van der Waals surface area contributed by atoms with Gasteiger partial charge in [-0.1, -0.05) is 0 Å². The first-order chi connectivity index (χ1) is 12.7. The third-order valence-corrected chi connectivity index (χ3v) is 4.51. The van der Waals surface area contributed by atoms with Crippen molar-refractivity contribution in [2.45, 2.75) is 25.8 Å². The first kappa shape index (κ1) is 24.0. The van der Waals surface area contributed by atoms with Gasteiger partial charge in [-0.25, -0.2) is 4.98 Å². The number of nitrogens with one attached hydrogen (secondary N) is 2. The minimum Gasteiger partial charge on any atom is -0.497 e. The van der Waals surface area contributed by atoms with Crippen LogP contribution in [0.5, 0.6) is 17.4 Å². The number of amides is 1. The lowest BCUT2D eigenvalue weighted by molar-refractivity contribution is -0.121. The Hall–Kier alpha value is -2.02. The van der Waals surface area contributed by atoms with Crippen LogP contribution in [0, 0.1) is 5.92 Å². The normalized spacial score (nSPS) is 15.1. The molecule has 1 atom stereocenters. The average molecular weight is 428 g/mol. The summed E-state index contributed by atoms with van der Waals surface area (Å²) in [5.41, 5.74) is 0.958. The molecule has 2 N–H and O–H groups in total. The Morgan fingerprint density at radius 2 is 1.96 bits per heavy atom. The maximum Gasteiger partial charge on any atom is 0.220 e. The van der Waals surface area contributed by atoms with Gasteiger partial charge in [-0.3, -0.25) is 4.79 Å². The molecule has 6 nitrogen and oxygen atoms in total. The molecule has 1 aromatic carbocycles. The summed E-state index contributed by atoms with van der Waals surface area (Å²) in [5, 5.41) is 6.30. The molecule has 0 aliphatic carbocycles. The fraction of sp³-hybridized carbons (Fsp3) is 0.400. The summed E-state index contributed by atoms with van der Waals surface area (Å²) in [6, 6.07) is 11.0. The van der Waals surface area contributed by atoms with Crippen molar-refractivity contribution in [3.05, 3.63) is 48.2 Å². The van der Waals surface area contributed by atoms with Crippen molar-refractivity contribution in [2.24, 2.45) is 5.92 Å². The van der Waals surface area contributed by atoms with E-state index in [-0.39, 0.29) is 30.7 Å². The molecule has 28 heavy (non-hydrogen) atoms. The van der Waals surface area contributed by atoms with Gasteiger partial charge in [-0.2, -0.15) is 0 Å². The first-order valence-corrected chi connectivity index (χ1v) is 8.97. The summed E-state index contributed by atoms with van der Waals surface area (Å²) < 4.78 is 10.9. The van der Waals surface area contributed by atoms with Crippen LogP contribution in [-0.4, -0.2) is 31.1 Å². The maximum absolute atomic E-state index is 12.0. The molecule has 0 spiro atoms. The van der Waals surface area contributed by atoms with E-state index in [0.29, 0.717) is 30.5 Å². The molecule has 1 aliphatic rings. The Bertz CT molecular complexity index is 723. The lowest BCUT2D eigenvalue weighted by Gasteiger charge is -2.10. The maximum atomic E-state index is 12.0. The summed E-state index contributed by atoms with van der Waals surface area (Å²) in [6.45, 7) is 2.58. The Morgan fingerprint density at radius 1 is 1.21 bits per heavy atom. The highest BCUT2D eigenvalue weighted by Gasteiger charge is 2.15. The largest absolute Gasteiger partial charge is 0.497 e. The van der Waals surface area contributed by atoms with Gasteiger partial charge in [0.2, 0.25) is 11.8 Å². The number of carbonyl (C=O) groups is 1. The van der Waals surface area contributed by atoms with Gasteiger partial charge in [0.05, 0.1) is 7.11 Å². The number of ether oxygens (including phenoxy) is 2. The van der Waals surface area contributed by atoms with Gasteiger partial charge in [0.15, 0.2) is 0 Å². The molecule has 1 aromatic heterocycles. The van der Waals surface area contributed by atoms with Gasteiger partial charge < -0.3 is 20.1 Å². The molecule has 0 saturated carbocycles. The minimum absolute atomic E-state index is 0. The molecule has 1 fully saturated rings. The Labute approximate surface area is 178 Å². The number of aromatic nitrogens is 1. The molecular formula is C20H27Cl2N3O3. The number of nitrogens with zero attached hydrogens (tertiary/aromatic N) is 1. The van der Waals surface area contributed by atoms with Crippen molar-refractivity contribution in [1.29, 1.82) is 0 Å². The van der Waals surface area contributed by atoms with E-state index in [1.165, 1.54) is 6.42 Å². The van der Waals surface area contributed by atoms with Gasteiger partial charge in [0.25, 0.3) is 0 Å². The van der Waals surface area contributed by atoms with E-state index < -0.39 is 0 Å². The molecule has 2 heterocycles. The average Bonchev–Trinajstić information content (AvgIpc) is 3.19. The SMILES string of the molecule is COc1ccc(Oc2cc(CNC(=O)CCC3CCNC3)ccn2)cc1.Cl.Cl. The second-order valence-electron chi connectivity index (χ2n) is 6.45. The summed E-state index contributed by atoms with van der Waals surface area (Å²) in [7, 11) is 1.62. The quantitative estimate of drug-likeness (QED) is 0.671. The number of carbonyl (C=O) groups excluding carboxylic acids is 1. The van der Waals surface area contributed by atoms with Crippen molar-refractivity contribution >= 4 is 30.7 Å². The molecule has 0 bridgehead atoms. The highest BCUT2D eigenvalue weighted by molar-refractivity contribution is 5.85. The summed E-state index contributed by atoms with van der Waals surface area (Å²) in [4.78, 5) is 16.2. The standard InChI is InChI=1S/C20H25N3O3.2ClH/c1-25-17-3-5-18(6-4-17)26-20-12-16(9-11-22-20)14-23-19(24)7-2-15-8-10-21-13-15;;/h3-6,9,11-12,15,21H,2,7-8,10,13-14H2,1H3,(H,23,24);2*1H. The summed E-state index contributed by atoms with van der Waals surface area (Å²) in [5.74, 6) is 2.68. The monoisotopic (exact) mass is 427 g/mol. The van der Waals surface area contributed by atoms with E-state index in [9.17, 15) is 4.79 Å². The number of hydrogen-bond donors (Lipinski definition) is 2. The Morgan fingerprint density at radius 3 is 2.64 bits per heavy atom. The van der Waals surface area contributed by atoms with Crippen LogP contribution < -0.4 is 20.1 Å². The van der Waals surface area contributed by atoms with E-state index in [1.807, 2.05) is 36.4 Å². The van der Waals surface area contributed by atoms with Gasteiger partial charge in [0.1, 0.15) is 11.5 Å². The van der Waals surface area contributed by atoms with Crippen LogP contribution in [0.25, 0.3) is 0 Å². The smallest absolute Gasteiger partial charge is 0.220 e. The van der Waals surface area contributed by atoms with Gasteiger partial charge in [0, 0.05) is 25.2 Å². The molecule has 1 saturated heterocycles. The van der Waals surface area contributed by atoms with Crippen molar-refractivity contribution in [3.8, 4) is 17.4 Å². The van der Waals surface area contributed by atoms with Gasteiger partial charge in [-0.15, -0.1) is 24.8 Å². The van der Waals surface area contributed by atoms with Crippen LogP contribution in [0.1, 0.15) is 24.8 Å². The van der Waals surface area contributed by atoms with Crippen LogP contribution in [0.2, 0.25) is 0 Å². The highest BCUT2D eigenvalue weighted by atomic mass is 35.5. The van der Waals surface area contributed by atoms with Crippen LogP contribution in [-0.2, 0) is 11.3 Å². The van der Waals surface area contributed by atoms with Gasteiger partial charge in [-0.05, 0) is 67.7 Å². The minimum atomic E-state index is 0. The Balaban J connectivity index is 0.00000196. The second kappa shape index (κ2) is 12.4. The van der Waals surface area contributed by atoms with Crippen molar-refractivity contribution < 1.29 is 14.3 Å². The van der Waals surface area contributed by atoms with Crippen LogP contribution in [0.4, 0.5) is 0 Å². The molecule has 2 aromatic rings. The first-order valence-electron chi connectivity index (χ1n) is 8.97. The molecule has 0 radical (unpaired) electrons. The number of methoxy groups -OCH3 is 1. The molecule has 3 rings (SSSR count). The van der Waals surface area contributed by atoms with E-state index in [2.05, 4.69) is 15.6 Å². The molecule has 1 amide bonds. The molecule has 154 valence electrons. The number of hydrogen-bond acceptors (Lipinski definition) is 5. The van der Waals surface area contributed by atoms with Crippen LogP contribution >= 0.6 is 24.8 Å². The number of pyridine rings is 1. The van der Waals surface area contributed by atoms with E-state index >= 15 is 0 Å². The van der Waals surface area contributed by atoms with Crippen molar-refractivity contribution in [3.63, 3.8) is 0 Å². The van der Waals surface area contributed by atoms with Crippen molar-refractivity contribution in [2.75, 3.05) is 20.2 Å². The fourth-order valence-corrected chi connectivity index (χ4v) is 2.97. The summed E-state index contributed by atoms with van der Waals surface area (Å²) >= 11 is 0. The van der Waals surface area contributed by atoms with E-state index in [0.717, 1.165) is 30.8 Å². The molecule has 1 aliphatic heterocycles. The number of rotatable bonds is 8. The molecule has 8 heteroatoms. The fourth-order valence-electron chi connectivity index (χ4n) is 2.97. The predicted octanol–water partition coefficient (Wildman–Crippen LogP) is 3.73. The predicted molar refractivity (Wildman–Crippen MR) is 114 cm³/mol. The lowest BCUT2D eigenvalue weighted by Crippen LogP contribution is -2.23. The Kier molecular flexibility index (Phi) is 10.7. The zero-order valence-electron chi connectivity index (χ0n) is 15.8.